The first-order valence-corrected chi connectivity index (χ1v) is 7.99. The van der Waals surface area contributed by atoms with Crippen molar-refractivity contribution < 1.29 is 4.74 Å². The zero-order chi connectivity index (χ0) is 14.9. The Balaban J connectivity index is 0.00000242. The molecule has 4 nitrogen and oxygen atoms in total. The maximum Gasteiger partial charge on any atom is 0.191 e. The Bertz CT molecular complexity index is 459. The summed E-state index contributed by atoms with van der Waals surface area (Å²) in [6.07, 6.45) is 6.53. The van der Waals surface area contributed by atoms with Gasteiger partial charge in [0.1, 0.15) is 5.75 Å². The van der Waals surface area contributed by atoms with Gasteiger partial charge in [0.2, 0.25) is 0 Å². The van der Waals surface area contributed by atoms with Crippen molar-refractivity contribution in [3.05, 3.63) is 29.8 Å². The molecule has 0 atom stereocenters. The number of guanidine groups is 1. The highest BCUT2D eigenvalue weighted by molar-refractivity contribution is 14.0. The van der Waals surface area contributed by atoms with Crippen molar-refractivity contribution in [3.8, 4) is 5.75 Å². The standard InChI is InChI=1S/C17H27N3O.HI/c1-3-18-17(20-15-9-5-4-6-10-15)19-13-14-8-7-11-16(12-14)21-2;/h7-8,11-12,15H,3-6,9-10,13H2,1-2H3,(H2,18,19,20);1H. The second kappa shape index (κ2) is 10.7. The number of rotatable bonds is 5. The number of aliphatic imine (C=N–C) groups is 1. The maximum absolute atomic E-state index is 5.25. The van der Waals surface area contributed by atoms with E-state index >= 15 is 0 Å². The highest BCUT2D eigenvalue weighted by Gasteiger charge is 2.14. The van der Waals surface area contributed by atoms with Crippen LogP contribution in [0.15, 0.2) is 29.3 Å². The lowest BCUT2D eigenvalue weighted by atomic mass is 9.96. The Hall–Kier alpha value is -0.980. The maximum atomic E-state index is 5.25. The average Bonchev–Trinajstić information content (AvgIpc) is 2.54. The molecule has 2 N–H and O–H groups in total. The van der Waals surface area contributed by atoms with E-state index < -0.39 is 0 Å². The Morgan fingerprint density at radius 3 is 2.73 bits per heavy atom. The Kier molecular flexibility index (Phi) is 9.27. The predicted octanol–water partition coefficient (Wildman–Crippen LogP) is 3.70. The molecule has 22 heavy (non-hydrogen) atoms. The number of nitrogens with zero attached hydrogens (tertiary/aromatic N) is 1. The summed E-state index contributed by atoms with van der Waals surface area (Å²) in [6.45, 7) is 3.65. The number of ether oxygens (including phenoxy) is 1. The zero-order valence-corrected chi connectivity index (χ0v) is 15.9. The monoisotopic (exact) mass is 417 g/mol. The van der Waals surface area contributed by atoms with Crippen molar-refractivity contribution in [1.82, 2.24) is 10.6 Å². The van der Waals surface area contributed by atoms with Crippen LogP contribution in [0, 0.1) is 0 Å². The largest absolute Gasteiger partial charge is 0.497 e. The van der Waals surface area contributed by atoms with Gasteiger partial charge in [0.15, 0.2) is 5.96 Å². The normalized spacial score (nSPS) is 15.8. The van der Waals surface area contributed by atoms with Gasteiger partial charge in [-0.2, -0.15) is 0 Å². The molecule has 1 aromatic carbocycles. The minimum Gasteiger partial charge on any atom is -0.497 e. The number of hydrogen-bond acceptors (Lipinski definition) is 2. The van der Waals surface area contributed by atoms with Crippen LogP contribution in [0.2, 0.25) is 0 Å². The fraction of sp³-hybridized carbons (Fsp3) is 0.588. The van der Waals surface area contributed by atoms with Crippen LogP contribution >= 0.6 is 24.0 Å². The number of halogens is 1. The molecular formula is C17H28IN3O. The fourth-order valence-corrected chi connectivity index (χ4v) is 2.70. The van der Waals surface area contributed by atoms with Gasteiger partial charge in [0, 0.05) is 12.6 Å². The molecule has 0 aromatic heterocycles. The smallest absolute Gasteiger partial charge is 0.191 e. The molecule has 0 unspecified atom stereocenters. The average molecular weight is 417 g/mol. The second-order valence-corrected chi connectivity index (χ2v) is 5.53. The molecule has 2 rings (SSSR count). The fourth-order valence-electron chi connectivity index (χ4n) is 2.70. The first-order valence-electron chi connectivity index (χ1n) is 7.99. The zero-order valence-electron chi connectivity index (χ0n) is 13.6. The Labute approximate surface area is 151 Å². The minimum absolute atomic E-state index is 0. The summed E-state index contributed by atoms with van der Waals surface area (Å²) in [5, 5.41) is 6.90. The molecule has 1 aliphatic rings. The van der Waals surface area contributed by atoms with E-state index in [9.17, 15) is 0 Å². The van der Waals surface area contributed by atoms with E-state index in [1.807, 2.05) is 18.2 Å². The van der Waals surface area contributed by atoms with Crippen molar-refractivity contribution in [2.24, 2.45) is 4.99 Å². The lowest BCUT2D eigenvalue weighted by Crippen LogP contribution is -2.44. The van der Waals surface area contributed by atoms with Crippen molar-refractivity contribution in [2.75, 3.05) is 13.7 Å². The van der Waals surface area contributed by atoms with E-state index in [0.29, 0.717) is 12.6 Å². The molecule has 0 aliphatic heterocycles. The molecule has 0 saturated heterocycles. The molecule has 1 aliphatic carbocycles. The summed E-state index contributed by atoms with van der Waals surface area (Å²) >= 11 is 0. The first kappa shape index (κ1) is 19.1. The number of methoxy groups -OCH3 is 1. The van der Waals surface area contributed by atoms with Crippen LogP contribution in [0.3, 0.4) is 0 Å². The van der Waals surface area contributed by atoms with Crippen LogP contribution in [-0.2, 0) is 6.54 Å². The van der Waals surface area contributed by atoms with Gasteiger partial charge >= 0.3 is 0 Å². The minimum atomic E-state index is 0. The van der Waals surface area contributed by atoms with Gasteiger partial charge in [-0.3, -0.25) is 0 Å². The third-order valence-electron chi connectivity index (χ3n) is 3.84. The van der Waals surface area contributed by atoms with Crippen LogP contribution in [0.4, 0.5) is 0 Å². The predicted molar refractivity (Wildman–Crippen MR) is 103 cm³/mol. The van der Waals surface area contributed by atoms with E-state index in [-0.39, 0.29) is 24.0 Å². The van der Waals surface area contributed by atoms with Crippen LogP contribution in [0.1, 0.15) is 44.6 Å². The summed E-state index contributed by atoms with van der Waals surface area (Å²) in [6, 6.07) is 8.65. The van der Waals surface area contributed by atoms with Crippen molar-refractivity contribution in [2.45, 2.75) is 51.6 Å². The summed E-state index contributed by atoms with van der Waals surface area (Å²) in [7, 11) is 1.69. The first-order chi connectivity index (χ1) is 10.3. The van der Waals surface area contributed by atoms with Crippen LogP contribution in [-0.4, -0.2) is 25.7 Å². The molecule has 0 amide bonds. The van der Waals surface area contributed by atoms with Gasteiger partial charge in [-0.15, -0.1) is 24.0 Å². The molecular weight excluding hydrogens is 389 g/mol. The van der Waals surface area contributed by atoms with Gasteiger partial charge < -0.3 is 15.4 Å². The van der Waals surface area contributed by atoms with E-state index in [0.717, 1.165) is 23.8 Å². The molecule has 5 heteroatoms. The molecule has 1 saturated carbocycles. The van der Waals surface area contributed by atoms with Gasteiger partial charge in [0.05, 0.1) is 13.7 Å². The third kappa shape index (κ3) is 6.42. The third-order valence-corrected chi connectivity index (χ3v) is 3.84. The molecule has 1 fully saturated rings. The van der Waals surface area contributed by atoms with E-state index in [1.54, 1.807) is 7.11 Å². The van der Waals surface area contributed by atoms with Crippen LogP contribution in [0.25, 0.3) is 0 Å². The molecule has 0 bridgehead atoms. The molecule has 124 valence electrons. The molecule has 1 aromatic rings. The van der Waals surface area contributed by atoms with Gasteiger partial charge in [-0.05, 0) is 37.5 Å². The number of benzene rings is 1. The molecule has 0 spiro atoms. The summed E-state index contributed by atoms with van der Waals surface area (Å²) < 4.78 is 5.25. The Morgan fingerprint density at radius 2 is 2.05 bits per heavy atom. The lowest BCUT2D eigenvalue weighted by Gasteiger charge is -2.24. The van der Waals surface area contributed by atoms with Crippen LogP contribution < -0.4 is 15.4 Å². The summed E-state index contributed by atoms with van der Waals surface area (Å²) in [4.78, 5) is 4.69. The van der Waals surface area contributed by atoms with Crippen LogP contribution in [0.5, 0.6) is 5.75 Å². The van der Waals surface area contributed by atoms with Crippen molar-refractivity contribution in [1.29, 1.82) is 0 Å². The molecule has 0 radical (unpaired) electrons. The van der Waals surface area contributed by atoms with Gasteiger partial charge in [0.25, 0.3) is 0 Å². The summed E-state index contributed by atoms with van der Waals surface area (Å²) in [5.41, 5.74) is 1.16. The highest BCUT2D eigenvalue weighted by atomic mass is 127. The number of hydrogen-bond donors (Lipinski definition) is 2. The van der Waals surface area contributed by atoms with Crippen molar-refractivity contribution in [3.63, 3.8) is 0 Å². The topological polar surface area (TPSA) is 45.7 Å². The lowest BCUT2D eigenvalue weighted by molar-refractivity contribution is 0.410. The van der Waals surface area contributed by atoms with Crippen molar-refractivity contribution >= 4 is 29.9 Å². The second-order valence-electron chi connectivity index (χ2n) is 5.53. The highest BCUT2D eigenvalue weighted by Crippen LogP contribution is 2.17. The Morgan fingerprint density at radius 1 is 1.27 bits per heavy atom. The van der Waals surface area contributed by atoms with Gasteiger partial charge in [-0.25, -0.2) is 4.99 Å². The quantitative estimate of drug-likeness (QED) is 0.436. The van der Waals surface area contributed by atoms with Gasteiger partial charge in [-0.1, -0.05) is 31.4 Å². The number of nitrogens with one attached hydrogen (secondary N) is 2. The molecule has 0 heterocycles. The van der Waals surface area contributed by atoms with E-state index in [2.05, 4.69) is 23.6 Å². The van der Waals surface area contributed by atoms with E-state index in [1.165, 1.54) is 32.1 Å². The SMILES string of the molecule is CCNC(=NCc1cccc(OC)c1)NC1CCCCC1.I. The van der Waals surface area contributed by atoms with E-state index in [4.69, 9.17) is 9.73 Å². The summed E-state index contributed by atoms with van der Waals surface area (Å²) in [5.74, 6) is 1.81.